The number of hydrogen-bond acceptors (Lipinski definition) is 7. The van der Waals surface area contributed by atoms with E-state index >= 15 is 0 Å². The van der Waals surface area contributed by atoms with Crippen LogP contribution in [0.4, 0.5) is 5.95 Å². The highest BCUT2D eigenvalue weighted by atomic mass is 35.5. The summed E-state index contributed by atoms with van der Waals surface area (Å²) in [6.45, 7) is 9.79. The van der Waals surface area contributed by atoms with E-state index in [1.807, 2.05) is 11.0 Å². The van der Waals surface area contributed by atoms with E-state index in [4.69, 9.17) is 21.6 Å². The molecule has 35 heavy (non-hydrogen) atoms. The predicted octanol–water partition coefficient (Wildman–Crippen LogP) is 4.03. The lowest BCUT2D eigenvalue weighted by molar-refractivity contribution is -0.164. The third-order valence-electron chi connectivity index (χ3n) is 7.33. The summed E-state index contributed by atoms with van der Waals surface area (Å²) in [5, 5.41) is 12.6. The first-order valence-electron chi connectivity index (χ1n) is 11.8. The van der Waals surface area contributed by atoms with Crippen LogP contribution in [-0.4, -0.2) is 47.4 Å². The summed E-state index contributed by atoms with van der Waals surface area (Å²) >= 11 is 6.17. The van der Waals surface area contributed by atoms with Crippen LogP contribution in [0.2, 0.25) is 5.02 Å². The molecule has 1 amide bonds. The molecule has 1 aromatic heterocycles. The molecule has 0 spiro atoms. The summed E-state index contributed by atoms with van der Waals surface area (Å²) in [6, 6.07) is 6.93. The van der Waals surface area contributed by atoms with Gasteiger partial charge in [0.25, 0.3) is 5.91 Å². The van der Waals surface area contributed by atoms with E-state index in [0.29, 0.717) is 40.2 Å². The van der Waals surface area contributed by atoms with Crippen molar-refractivity contribution in [3.05, 3.63) is 46.7 Å². The summed E-state index contributed by atoms with van der Waals surface area (Å²) in [5.41, 5.74) is 0.0784. The van der Waals surface area contributed by atoms with Crippen LogP contribution in [0.25, 0.3) is 0 Å². The largest absolute Gasteiger partial charge is 0.489 e. The zero-order valence-electron chi connectivity index (χ0n) is 20.4. The Kier molecular flexibility index (Phi) is 6.74. The van der Waals surface area contributed by atoms with E-state index in [9.17, 15) is 9.59 Å². The molecule has 2 fully saturated rings. The number of ether oxygens (including phenoxy) is 1. The normalized spacial score (nSPS) is 24.2. The van der Waals surface area contributed by atoms with Gasteiger partial charge in [-0.3, -0.25) is 4.79 Å². The van der Waals surface area contributed by atoms with Gasteiger partial charge < -0.3 is 19.7 Å². The fourth-order valence-corrected chi connectivity index (χ4v) is 5.97. The zero-order valence-corrected chi connectivity index (χ0v) is 21.2. The maximum atomic E-state index is 13.0. The summed E-state index contributed by atoms with van der Waals surface area (Å²) < 4.78 is 6.28. The van der Waals surface area contributed by atoms with Crippen molar-refractivity contribution in [2.24, 2.45) is 16.7 Å². The predicted molar refractivity (Wildman–Crippen MR) is 132 cm³/mol. The molecule has 2 aliphatic rings. The Bertz CT molecular complexity index is 1140. The fourth-order valence-electron chi connectivity index (χ4n) is 5.75. The molecule has 0 bridgehead atoms. The van der Waals surface area contributed by atoms with Crippen molar-refractivity contribution in [1.82, 2.24) is 15.3 Å². The van der Waals surface area contributed by atoms with E-state index in [-0.39, 0.29) is 28.9 Å². The van der Waals surface area contributed by atoms with Crippen LogP contribution in [0, 0.1) is 28.1 Å². The lowest BCUT2D eigenvalue weighted by Gasteiger charge is -2.63. The Morgan fingerprint density at radius 2 is 1.97 bits per heavy atom. The minimum atomic E-state index is -0.358. The maximum absolute atomic E-state index is 13.0. The first-order valence-corrected chi connectivity index (χ1v) is 12.1. The summed E-state index contributed by atoms with van der Waals surface area (Å²) in [6.07, 6.45) is 5.37. The molecule has 1 aliphatic carbocycles. The van der Waals surface area contributed by atoms with Gasteiger partial charge in [0.15, 0.2) is 0 Å². The second kappa shape index (κ2) is 9.46. The van der Waals surface area contributed by atoms with E-state index in [2.05, 4.69) is 43.0 Å². The molecule has 1 atom stereocenters. The number of halogens is 1. The van der Waals surface area contributed by atoms with Gasteiger partial charge in [0.1, 0.15) is 24.2 Å². The summed E-state index contributed by atoms with van der Waals surface area (Å²) in [5.74, 6) is 1.26. The fraction of sp³-hybridized carbons (Fsp3) is 0.500. The maximum Gasteiger partial charge on any atom is 0.254 e. The van der Waals surface area contributed by atoms with Gasteiger partial charge in [-0.2, -0.15) is 5.26 Å². The summed E-state index contributed by atoms with van der Waals surface area (Å²) in [4.78, 5) is 34.6. The van der Waals surface area contributed by atoms with Gasteiger partial charge in [0.05, 0.1) is 16.1 Å². The highest BCUT2D eigenvalue weighted by molar-refractivity contribution is 6.31. The van der Waals surface area contributed by atoms with Crippen molar-refractivity contribution in [1.29, 1.82) is 5.26 Å². The Balaban J connectivity index is 1.41. The van der Waals surface area contributed by atoms with Gasteiger partial charge in [0.2, 0.25) is 5.95 Å². The van der Waals surface area contributed by atoms with Crippen LogP contribution in [0.5, 0.6) is 5.75 Å². The van der Waals surface area contributed by atoms with E-state index < -0.39 is 0 Å². The van der Waals surface area contributed by atoms with Crippen LogP contribution in [-0.2, 0) is 4.79 Å². The van der Waals surface area contributed by atoms with Crippen molar-refractivity contribution >= 4 is 29.7 Å². The molecule has 4 rings (SSSR count). The highest BCUT2D eigenvalue weighted by Crippen LogP contribution is 2.55. The Hall–Kier alpha value is -3.18. The first-order chi connectivity index (χ1) is 16.6. The molecule has 1 saturated heterocycles. The molecule has 8 nitrogen and oxygen atoms in total. The summed E-state index contributed by atoms with van der Waals surface area (Å²) in [7, 11) is 0. The number of carbonyl (C=O) groups is 2. The molecule has 1 saturated carbocycles. The smallest absolute Gasteiger partial charge is 0.254 e. The van der Waals surface area contributed by atoms with Gasteiger partial charge in [-0.05, 0) is 24.5 Å². The number of nitrogens with zero attached hydrogens (tertiary/aromatic N) is 4. The van der Waals surface area contributed by atoms with Crippen molar-refractivity contribution < 1.29 is 14.3 Å². The molecule has 9 heteroatoms. The minimum absolute atomic E-state index is 0.149. The van der Waals surface area contributed by atoms with Crippen LogP contribution >= 0.6 is 11.6 Å². The number of nitriles is 1. The van der Waals surface area contributed by atoms with Crippen LogP contribution in [0.1, 0.15) is 56.5 Å². The van der Waals surface area contributed by atoms with Crippen molar-refractivity contribution in [3.63, 3.8) is 0 Å². The number of aromatic nitrogens is 2. The molecular formula is C26H30ClN5O3. The Labute approximate surface area is 210 Å². The Morgan fingerprint density at radius 3 is 2.57 bits per heavy atom. The monoisotopic (exact) mass is 495 g/mol. The molecule has 184 valence electrons. The molecule has 0 radical (unpaired) electrons. The van der Waals surface area contributed by atoms with Crippen LogP contribution < -0.4 is 15.0 Å². The van der Waals surface area contributed by atoms with E-state index in [1.165, 1.54) is 0 Å². The molecular weight excluding hydrogens is 466 g/mol. The quantitative estimate of drug-likeness (QED) is 0.577. The SMILES string of the molecule is CC1(C)[C@H](NC(=O)c2cnc(N3CCC(CC=O)C3)nc2)C(C)(C)[C@H]1Oc1ccc(C#N)c(Cl)c1. The number of aldehydes is 1. The number of benzene rings is 1. The third kappa shape index (κ3) is 4.70. The van der Waals surface area contributed by atoms with Crippen molar-refractivity contribution in [3.8, 4) is 11.8 Å². The molecule has 1 aromatic carbocycles. The highest BCUT2D eigenvalue weighted by Gasteiger charge is 2.64. The second-order valence-electron chi connectivity index (χ2n) is 10.6. The average Bonchev–Trinajstić information content (AvgIpc) is 3.29. The molecule has 2 heterocycles. The number of rotatable bonds is 7. The molecule has 1 unspecified atom stereocenters. The lowest BCUT2D eigenvalue weighted by atomic mass is 9.49. The molecule has 2 aromatic rings. The molecule has 1 aliphatic heterocycles. The standard InChI is InChI=1S/C26H30ClN5O3/c1-25(2)22(26(3,4)23(25)35-19-6-5-17(12-28)20(27)11-19)31-21(34)18-13-29-24(30-14-18)32-9-7-16(15-32)8-10-33/h5-6,10-11,13-14,16,22-23H,7-9,15H2,1-4H3,(H,31,34)/t16?,22-,23-. The van der Waals surface area contributed by atoms with Crippen LogP contribution in [0.3, 0.4) is 0 Å². The number of hydrogen-bond donors (Lipinski definition) is 1. The van der Waals surface area contributed by atoms with Gasteiger partial charge in [0, 0.05) is 54.8 Å². The van der Waals surface area contributed by atoms with Crippen LogP contribution in [0.15, 0.2) is 30.6 Å². The second-order valence-corrected chi connectivity index (χ2v) is 11.0. The third-order valence-corrected chi connectivity index (χ3v) is 7.64. The molecule has 1 N–H and O–H groups in total. The van der Waals surface area contributed by atoms with E-state index in [1.54, 1.807) is 30.6 Å². The minimum Gasteiger partial charge on any atom is -0.489 e. The van der Waals surface area contributed by atoms with E-state index in [0.717, 1.165) is 25.8 Å². The van der Waals surface area contributed by atoms with Gasteiger partial charge in [-0.15, -0.1) is 0 Å². The van der Waals surface area contributed by atoms with Gasteiger partial charge in [-0.1, -0.05) is 39.3 Å². The van der Waals surface area contributed by atoms with Gasteiger partial charge in [-0.25, -0.2) is 9.97 Å². The topological polar surface area (TPSA) is 108 Å². The van der Waals surface area contributed by atoms with Crippen molar-refractivity contribution in [2.75, 3.05) is 18.0 Å². The Morgan fingerprint density at radius 1 is 1.29 bits per heavy atom. The number of nitrogens with one attached hydrogen (secondary N) is 1. The number of anilines is 1. The number of carbonyl (C=O) groups excluding carboxylic acids is 2. The first kappa shape index (κ1) is 24.9. The zero-order chi connectivity index (χ0) is 25.4. The number of amides is 1. The van der Waals surface area contributed by atoms with Gasteiger partial charge >= 0.3 is 0 Å². The lowest BCUT2D eigenvalue weighted by Crippen LogP contribution is -2.74. The van der Waals surface area contributed by atoms with Crippen molar-refractivity contribution in [2.45, 2.75) is 52.7 Å². The average molecular weight is 496 g/mol.